The van der Waals surface area contributed by atoms with E-state index < -0.39 is 17.7 Å². The molecule has 0 saturated carbocycles. The molecule has 1 saturated heterocycles. The first-order chi connectivity index (χ1) is 13.5. The van der Waals surface area contributed by atoms with Crippen LogP contribution in [-0.2, 0) is 14.3 Å². The van der Waals surface area contributed by atoms with Gasteiger partial charge in [-0.3, -0.25) is 9.59 Å². The van der Waals surface area contributed by atoms with E-state index in [9.17, 15) is 14.7 Å². The smallest absolute Gasteiger partial charge is 0.295 e. The van der Waals surface area contributed by atoms with Crippen LogP contribution < -0.4 is 4.74 Å². The van der Waals surface area contributed by atoms with E-state index >= 15 is 0 Å². The molecule has 7 heteroatoms. The fourth-order valence-corrected chi connectivity index (χ4v) is 3.46. The molecule has 3 rings (SSSR count). The third-order valence-electron chi connectivity index (χ3n) is 4.63. The maximum absolute atomic E-state index is 12.8. The molecule has 146 valence electrons. The van der Waals surface area contributed by atoms with Gasteiger partial charge in [-0.2, -0.15) is 0 Å². The molecule has 28 heavy (non-hydrogen) atoms. The summed E-state index contributed by atoms with van der Waals surface area (Å²) in [5, 5.41) is 10.9. The normalized spacial score (nSPS) is 18.5. The number of halogens is 1. The van der Waals surface area contributed by atoms with Gasteiger partial charge in [0.15, 0.2) is 0 Å². The minimum absolute atomic E-state index is 0.0635. The molecule has 0 aliphatic carbocycles. The standard InChI is InChI=1S/C21H20BrNO5/c1-27-12-11-23-18(13-3-7-15(22)8-4-13)17(20(25)21(23)26)19(24)14-5-9-16(28-2)10-6-14/h3-10,18,24H,11-12H2,1-2H3/b19-17+/t18-/m0/s1. The molecule has 1 atom stereocenters. The quantitative estimate of drug-likeness (QED) is 0.418. The van der Waals surface area contributed by atoms with Crippen LogP contribution in [0.3, 0.4) is 0 Å². The number of amides is 1. The maximum atomic E-state index is 12.8. The SMILES string of the molecule is COCCN1C(=O)C(=O)/C(=C(/O)c2ccc(OC)cc2)[C@@H]1c1ccc(Br)cc1. The van der Waals surface area contributed by atoms with Gasteiger partial charge in [-0.1, -0.05) is 28.1 Å². The maximum Gasteiger partial charge on any atom is 0.295 e. The van der Waals surface area contributed by atoms with Crippen molar-refractivity contribution in [1.29, 1.82) is 0 Å². The summed E-state index contributed by atoms with van der Waals surface area (Å²) in [6.45, 7) is 0.518. The van der Waals surface area contributed by atoms with E-state index in [-0.39, 0.29) is 24.5 Å². The summed E-state index contributed by atoms with van der Waals surface area (Å²) in [7, 11) is 3.08. The number of ether oxygens (including phenoxy) is 2. The van der Waals surface area contributed by atoms with Gasteiger partial charge in [-0.25, -0.2) is 0 Å². The predicted molar refractivity (Wildman–Crippen MR) is 108 cm³/mol. The average molecular weight is 446 g/mol. The van der Waals surface area contributed by atoms with Crippen molar-refractivity contribution in [2.24, 2.45) is 0 Å². The molecule has 0 aromatic heterocycles. The lowest BCUT2D eigenvalue weighted by Gasteiger charge is -2.25. The van der Waals surface area contributed by atoms with Gasteiger partial charge in [0.05, 0.1) is 25.3 Å². The third kappa shape index (κ3) is 3.81. The van der Waals surface area contributed by atoms with Crippen molar-refractivity contribution in [3.63, 3.8) is 0 Å². The Bertz CT molecular complexity index is 905. The molecule has 0 spiro atoms. The van der Waals surface area contributed by atoms with Crippen molar-refractivity contribution >= 4 is 33.4 Å². The van der Waals surface area contributed by atoms with E-state index in [1.165, 1.54) is 12.0 Å². The third-order valence-corrected chi connectivity index (χ3v) is 5.15. The van der Waals surface area contributed by atoms with Crippen LogP contribution in [0.5, 0.6) is 5.75 Å². The monoisotopic (exact) mass is 445 g/mol. The Labute approximate surface area is 171 Å². The van der Waals surface area contributed by atoms with E-state index in [1.807, 2.05) is 24.3 Å². The van der Waals surface area contributed by atoms with Crippen molar-refractivity contribution in [1.82, 2.24) is 4.90 Å². The van der Waals surface area contributed by atoms with Crippen LogP contribution in [0.1, 0.15) is 17.2 Å². The minimum Gasteiger partial charge on any atom is -0.507 e. The van der Waals surface area contributed by atoms with Gasteiger partial charge in [-0.05, 0) is 42.0 Å². The first-order valence-electron chi connectivity index (χ1n) is 8.65. The molecule has 1 N–H and O–H groups in total. The molecule has 0 unspecified atom stereocenters. The molecule has 2 aromatic rings. The zero-order chi connectivity index (χ0) is 20.3. The van der Waals surface area contributed by atoms with Crippen LogP contribution in [0.4, 0.5) is 0 Å². The number of aliphatic hydroxyl groups excluding tert-OH is 1. The summed E-state index contributed by atoms with van der Waals surface area (Å²) in [5.74, 6) is -0.951. The molecular formula is C21H20BrNO5. The topological polar surface area (TPSA) is 76.1 Å². The minimum atomic E-state index is -0.711. The van der Waals surface area contributed by atoms with E-state index in [1.54, 1.807) is 31.4 Å². The van der Waals surface area contributed by atoms with Gasteiger partial charge in [0.2, 0.25) is 0 Å². The molecule has 1 aliphatic rings. The lowest BCUT2D eigenvalue weighted by Crippen LogP contribution is -2.32. The van der Waals surface area contributed by atoms with Gasteiger partial charge < -0.3 is 19.5 Å². The first kappa shape index (κ1) is 20.1. The summed E-state index contributed by atoms with van der Waals surface area (Å²) >= 11 is 3.39. The Morgan fingerprint density at radius 1 is 1.07 bits per heavy atom. The van der Waals surface area contributed by atoms with Crippen molar-refractivity contribution < 1.29 is 24.2 Å². The highest BCUT2D eigenvalue weighted by Gasteiger charge is 2.45. The van der Waals surface area contributed by atoms with Crippen LogP contribution in [0.2, 0.25) is 0 Å². The van der Waals surface area contributed by atoms with Crippen molar-refractivity contribution in [3.8, 4) is 5.75 Å². The number of ketones is 1. The summed E-state index contributed by atoms with van der Waals surface area (Å²) in [4.78, 5) is 26.9. The molecule has 1 amide bonds. The Balaban J connectivity index is 2.12. The highest BCUT2D eigenvalue weighted by Crippen LogP contribution is 2.39. The molecule has 2 aromatic carbocycles. The number of nitrogens with zero attached hydrogens (tertiary/aromatic N) is 1. The summed E-state index contributed by atoms with van der Waals surface area (Å²) in [6.07, 6.45) is 0. The Morgan fingerprint density at radius 3 is 2.29 bits per heavy atom. The number of rotatable bonds is 6. The summed E-state index contributed by atoms with van der Waals surface area (Å²) in [6, 6.07) is 13.3. The zero-order valence-corrected chi connectivity index (χ0v) is 17.1. The Hall–Kier alpha value is -2.64. The molecule has 1 fully saturated rings. The lowest BCUT2D eigenvalue weighted by atomic mass is 9.95. The number of likely N-dealkylation sites (tertiary alicyclic amines) is 1. The second kappa shape index (κ2) is 8.58. The van der Waals surface area contributed by atoms with Crippen LogP contribution in [0.25, 0.3) is 5.76 Å². The second-order valence-corrected chi connectivity index (χ2v) is 7.18. The zero-order valence-electron chi connectivity index (χ0n) is 15.5. The Kier molecular flexibility index (Phi) is 6.16. The number of benzene rings is 2. The summed E-state index contributed by atoms with van der Waals surface area (Å²) < 4.78 is 11.1. The van der Waals surface area contributed by atoms with Crippen LogP contribution >= 0.6 is 15.9 Å². The van der Waals surface area contributed by atoms with Gasteiger partial charge in [0.1, 0.15) is 11.5 Å². The number of carbonyl (C=O) groups excluding carboxylic acids is 2. The molecule has 0 radical (unpaired) electrons. The van der Waals surface area contributed by atoms with E-state index in [0.29, 0.717) is 11.3 Å². The van der Waals surface area contributed by atoms with Gasteiger partial charge >= 0.3 is 0 Å². The fraction of sp³-hybridized carbons (Fsp3) is 0.238. The second-order valence-electron chi connectivity index (χ2n) is 6.27. The number of hydrogen-bond acceptors (Lipinski definition) is 5. The Morgan fingerprint density at radius 2 is 1.71 bits per heavy atom. The van der Waals surface area contributed by atoms with Crippen molar-refractivity contribution in [3.05, 3.63) is 69.7 Å². The van der Waals surface area contributed by atoms with Crippen LogP contribution in [0.15, 0.2) is 58.6 Å². The molecule has 1 heterocycles. The predicted octanol–water partition coefficient (Wildman–Crippen LogP) is 3.53. The average Bonchev–Trinajstić information content (AvgIpc) is 2.97. The molecular weight excluding hydrogens is 426 g/mol. The van der Waals surface area contributed by atoms with Gasteiger partial charge in [0, 0.05) is 23.7 Å². The van der Waals surface area contributed by atoms with E-state index in [0.717, 1.165) is 10.0 Å². The van der Waals surface area contributed by atoms with E-state index in [4.69, 9.17) is 9.47 Å². The lowest BCUT2D eigenvalue weighted by molar-refractivity contribution is -0.140. The largest absolute Gasteiger partial charge is 0.507 e. The van der Waals surface area contributed by atoms with Gasteiger partial charge in [-0.15, -0.1) is 0 Å². The number of Topliss-reactive ketones (excluding diaryl/α,β-unsaturated/α-hetero) is 1. The van der Waals surface area contributed by atoms with Gasteiger partial charge in [0.25, 0.3) is 11.7 Å². The van der Waals surface area contributed by atoms with E-state index in [2.05, 4.69) is 15.9 Å². The number of methoxy groups -OCH3 is 2. The van der Waals surface area contributed by atoms with Crippen LogP contribution in [0, 0.1) is 0 Å². The molecule has 6 nitrogen and oxygen atoms in total. The van der Waals surface area contributed by atoms with Crippen LogP contribution in [-0.4, -0.2) is 49.1 Å². The number of carbonyl (C=O) groups is 2. The number of aliphatic hydroxyl groups is 1. The highest BCUT2D eigenvalue weighted by molar-refractivity contribution is 9.10. The fourth-order valence-electron chi connectivity index (χ4n) is 3.20. The molecule has 1 aliphatic heterocycles. The first-order valence-corrected chi connectivity index (χ1v) is 9.44. The summed E-state index contributed by atoms with van der Waals surface area (Å²) in [5.41, 5.74) is 1.23. The number of hydrogen-bond donors (Lipinski definition) is 1. The molecule has 0 bridgehead atoms. The van der Waals surface area contributed by atoms with Crippen molar-refractivity contribution in [2.45, 2.75) is 6.04 Å². The van der Waals surface area contributed by atoms with Crippen molar-refractivity contribution in [2.75, 3.05) is 27.4 Å². The highest BCUT2D eigenvalue weighted by atomic mass is 79.9.